The van der Waals surface area contributed by atoms with Crippen LogP contribution in [0.2, 0.25) is 0 Å². The number of ether oxygens (including phenoxy) is 1. The van der Waals surface area contributed by atoms with Gasteiger partial charge in [0.05, 0.1) is 25.3 Å². The third-order valence-corrected chi connectivity index (χ3v) is 3.21. The fourth-order valence-electron chi connectivity index (χ4n) is 2.11. The van der Waals surface area contributed by atoms with Gasteiger partial charge in [0.15, 0.2) is 6.04 Å². The zero-order valence-corrected chi connectivity index (χ0v) is 12.1. The Hall–Kier alpha value is -2.84. The van der Waals surface area contributed by atoms with Gasteiger partial charge in [0.25, 0.3) is 0 Å². The summed E-state index contributed by atoms with van der Waals surface area (Å²) in [6.45, 7) is -0.0810. The molecule has 0 heterocycles. The van der Waals surface area contributed by atoms with Crippen LogP contribution >= 0.6 is 0 Å². The van der Waals surface area contributed by atoms with Gasteiger partial charge in [-0.1, -0.05) is 24.3 Å². The predicted molar refractivity (Wildman–Crippen MR) is 81.9 cm³/mol. The lowest BCUT2D eigenvalue weighted by molar-refractivity contribution is -0.141. The molecule has 0 saturated heterocycles. The van der Waals surface area contributed by atoms with E-state index in [0.29, 0.717) is 16.8 Å². The molecule has 1 atom stereocenters. The molecule has 5 nitrogen and oxygen atoms in total. The molecule has 0 saturated carbocycles. The first-order valence-corrected chi connectivity index (χ1v) is 6.72. The van der Waals surface area contributed by atoms with Gasteiger partial charge >= 0.3 is 5.97 Å². The molecule has 5 heteroatoms. The minimum atomic E-state index is -0.729. The Labute approximate surface area is 128 Å². The highest BCUT2D eigenvalue weighted by Crippen LogP contribution is 2.22. The van der Waals surface area contributed by atoms with Crippen LogP contribution in [-0.4, -0.2) is 18.2 Å². The number of hydrogen-bond donors (Lipinski definition) is 2. The van der Waals surface area contributed by atoms with Gasteiger partial charge in [0.2, 0.25) is 0 Å². The Morgan fingerprint density at radius 1 is 1.32 bits per heavy atom. The van der Waals surface area contributed by atoms with Crippen LogP contribution in [0.25, 0.3) is 0 Å². The molecule has 0 aromatic heterocycles. The van der Waals surface area contributed by atoms with Crippen LogP contribution in [-0.2, 0) is 16.1 Å². The number of nitriles is 1. The van der Waals surface area contributed by atoms with Crippen LogP contribution in [0.15, 0.2) is 48.5 Å². The lowest BCUT2D eigenvalue weighted by atomic mass is 10.0. The lowest BCUT2D eigenvalue weighted by Crippen LogP contribution is -2.22. The van der Waals surface area contributed by atoms with Gasteiger partial charge in [-0.25, -0.2) is 4.79 Å². The molecule has 0 bridgehead atoms. The van der Waals surface area contributed by atoms with E-state index in [1.54, 1.807) is 48.5 Å². The average molecular weight is 296 g/mol. The van der Waals surface area contributed by atoms with Crippen LogP contribution in [0.5, 0.6) is 0 Å². The fourth-order valence-corrected chi connectivity index (χ4v) is 2.11. The van der Waals surface area contributed by atoms with Crippen molar-refractivity contribution in [1.29, 1.82) is 5.26 Å². The number of benzene rings is 2. The topological polar surface area (TPSA) is 82.3 Å². The molecule has 2 rings (SSSR count). The number of aliphatic hydroxyl groups excluding tert-OH is 1. The maximum Gasteiger partial charge on any atom is 0.332 e. The number of methoxy groups -OCH3 is 1. The first kappa shape index (κ1) is 15.5. The zero-order chi connectivity index (χ0) is 15.9. The van der Waals surface area contributed by atoms with E-state index < -0.39 is 12.0 Å². The second kappa shape index (κ2) is 7.25. The van der Waals surface area contributed by atoms with E-state index >= 15 is 0 Å². The summed E-state index contributed by atoms with van der Waals surface area (Å²) in [5, 5.41) is 21.2. The number of carbonyl (C=O) groups excluding carboxylic acids is 1. The van der Waals surface area contributed by atoms with Crippen molar-refractivity contribution in [1.82, 2.24) is 0 Å². The molecule has 2 aromatic rings. The van der Waals surface area contributed by atoms with Gasteiger partial charge in [-0.3, -0.25) is 0 Å². The van der Waals surface area contributed by atoms with Gasteiger partial charge < -0.3 is 15.2 Å². The molecule has 0 radical (unpaired) electrons. The van der Waals surface area contributed by atoms with Crippen LogP contribution in [0.4, 0.5) is 5.69 Å². The van der Waals surface area contributed by atoms with E-state index in [4.69, 9.17) is 10.00 Å². The van der Waals surface area contributed by atoms with E-state index in [2.05, 4.69) is 5.32 Å². The number of hydrogen-bond acceptors (Lipinski definition) is 5. The van der Waals surface area contributed by atoms with Crippen LogP contribution < -0.4 is 5.32 Å². The average Bonchev–Trinajstić information content (AvgIpc) is 2.59. The third-order valence-electron chi connectivity index (χ3n) is 3.21. The van der Waals surface area contributed by atoms with E-state index in [0.717, 1.165) is 5.56 Å². The summed E-state index contributed by atoms with van der Waals surface area (Å²) in [5.41, 5.74) is 2.53. The van der Waals surface area contributed by atoms with E-state index in [-0.39, 0.29) is 6.61 Å². The maximum atomic E-state index is 12.1. The summed E-state index contributed by atoms with van der Waals surface area (Å²) < 4.78 is 4.84. The standard InChI is InChI=1S/C17H16N2O3/c1-22-17(21)16(14-6-2-4-12(8-14)10-18)19-15-7-3-5-13(9-15)11-20/h2-9,16,19-20H,11H2,1H3/t16-/m1/s1. The van der Waals surface area contributed by atoms with Gasteiger partial charge in [-0.2, -0.15) is 5.26 Å². The van der Waals surface area contributed by atoms with E-state index in [1.807, 2.05) is 6.07 Å². The molecule has 22 heavy (non-hydrogen) atoms. The van der Waals surface area contributed by atoms with Crippen LogP contribution in [0, 0.1) is 11.3 Å². The lowest BCUT2D eigenvalue weighted by Gasteiger charge is -2.18. The number of aliphatic hydroxyl groups is 1. The van der Waals surface area contributed by atoms with Crippen molar-refractivity contribution in [3.63, 3.8) is 0 Å². The second-order valence-corrected chi connectivity index (χ2v) is 4.70. The first-order valence-electron chi connectivity index (χ1n) is 6.72. The Kier molecular flexibility index (Phi) is 5.12. The fraction of sp³-hybridized carbons (Fsp3) is 0.176. The van der Waals surface area contributed by atoms with Gasteiger partial charge in [-0.15, -0.1) is 0 Å². The van der Waals surface area contributed by atoms with Crippen LogP contribution in [0.1, 0.15) is 22.7 Å². The molecule has 0 aliphatic rings. The van der Waals surface area contributed by atoms with Crippen molar-refractivity contribution in [3.05, 3.63) is 65.2 Å². The predicted octanol–water partition coefficient (Wildman–Crippen LogP) is 2.38. The van der Waals surface area contributed by atoms with Crippen molar-refractivity contribution in [2.45, 2.75) is 12.6 Å². The Morgan fingerprint density at radius 2 is 2.09 bits per heavy atom. The molecule has 2 aromatic carbocycles. The summed E-state index contributed by atoms with van der Waals surface area (Å²) in [4.78, 5) is 12.1. The summed E-state index contributed by atoms with van der Waals surface area (Å²) in [7, 11) is 1.31. The zero-order valence-electron chi connectivity index (χ0n) is 12.1. The number of esters is 1. The minimum Gasteiger partial charge on any atom is -0.467 e. The Balaban J connectivity index is 2.34. The first-order chi connectivity index (χ1) is 10.7. The molecular formula is C17H16N2O3. The summed E-state index contributed by atoms with van der Waals surface area (Å²) in [5.74, 6) is -0.454. The monoisotopic (exact) mass is 296 g/mol. The normalized spacial score (nSPS) is 11.3. The van der Waals surface area contributed by atoms with Crippen molar-refractivity contribution < 1.29 is 14.6 Å². The van der Waals surface area contributed by atoms with Crippen molar-refractivity contribution in [3.8, 4) is 6.07 Å². The largest absolute Gasteiger partial charge is 0.467 e. The van der Waals surface area contributed by atoms with Gasteiger partial charge in [-0.05, 0) is 35.4 Å². The smallest absolute Gasteiger partial charge is 0.332 e. The highest BCUT2D eigenvalue weighted by atomic mass is 16.5. The van der Waals surface area contributed by atoms with Crippen LogP contribution in [0.3, 0.4) is 0 Å². The van der Waals surface area contributed by atoms with Crippen molar-refractivity contribution >= 4 is 11.7 Å². The summed E-state index contributed by atoms with van der Waals surface area (Å²) in [6, 6.07) is 15.2. The number of nitrogens with one attached hydrogen (secondary N) is 1. The molecule has 0 aliphatic heterocycles. The molecule has 2 N–H and O–H groups in total. The molecule has 0 spiro atoms. The van der Waals surface area contributed by atoms with Crippen molar-refractivity contribution in [2.24, 2.45) is 0 Å². The Morgan fingerprint density at radius 3 is 2.77 bits per heavy atom. The second-order valence-electron chi connectivity index (χ2n) is 4.70. The SMILES string of the molecule is COC(=O)[C@H](Nc1cccc(CO)c1)c1cccc(C#N)c1. The number of nitrogens with zero attached hydrogens (tertiary/aromatic N) is 1. The molecule has 0 unspecified atom stereocenters. The summed E-state index contributed by atoms with van der Waals surface area (Å²) in [6.07, 6.45) is 0. The maximum absolute atomic E-state index is 12.1. The molecular weight excluding hydrogens is 280 g/mol. The highest BCUT2D eigenvalue weighted by Gasteiger charge is 2.21. The number of rotatable bonds is 5. The number of anilines is 1. The molecule has 0 fully saturated rings. The number of carbonyl (C=O) groups is 1. The molecule has 112 valence electrons. The van der Waals surface area contributed by atoms with Crippen molar-refractivity contribution in [2.75, 3.05) is 12.4 Å². The van der Waals surface area contributed by atoms with Gasteiger partial charge in [0, 0.05) is 5.69 Å². The van der Waals surface area contributed by atoms with E-state index in [1.165, 1.54) is 7.11 Å². The molecule has 0 aliphatic carbocycles. The van der Waals surface area contributed by atoms with Gasteiger partial charge in [0.1, 0.15) is 0 Å². The minimum absolute atomic E-state index is 0.0810. The molecule has 0 amide bonds. The Bertz CT molecular complexity index is 707. The highest BCUT2D eigenvalue weighted by molar-refractivity contribution is 5.81. The quantitative estimate of drug-likeness (QED) is 0.828. The summed E-state index contributed by atoms with van der Waals surface area (Å²) >= 11 is 0. The van der Waals surface area contributed by atoms with E-state index in [9.17, 15) is 9.90 Å². The third kappa shape index (κ3) is 3.62.